The summed E-state index contributed by atoms with van der Waals surface area (Å²) in [5.74, 6) is -0.629. The summed E-state index contributed by atoms with van der Waals surface area (Å²) in [6.45, 7) is 4.06. The quantitative estimate of drug-likeness (QED) is 0.0462. The van der Waals surface area contributed by atoms with Crippen LogP contribution in [0.2, 0.25) is 0 Å². The molecule has 5 heteroatoms. The molecule has 0 aromatic carbocycles. The molecule has 44 heavy (non-hydrogen) atoms. The first-order chi connectivity index (χ1) is 21.6. The van der Waals surface area contributed by atoms with Gasteiger partial charge in [0.15, 0.2) is 6.10 Å². The first-order valence-corrected chi connectivity index (χ1v) is 18.2. The van der Waals surface area contributed by atoms with Crippen molar-refractivity contribution in [2.45, 2.75) is 174 Å². The molecule has 0 unspecified atom stereocenters. The van der Waals surface area contributed by atoms with E-state index in [4.69, 9.17) is 9.47 Å². The van der Waals surface area contributed by atoms with Gasteiger partial charge in [0.1, 0.15) is 6.61 Å². The van der Waals surface area contributed by atoms with Crippen LogP contribution in [0.4, 0.5) is 0 Å². The van der Waals surface area contributed by atoms with Crippen LogP contribution in [0, 0.1) is 0 Å². The average molecular weight is 617 g/mol. The molecule has 0 aliphatic carbocycles. The Balaban J connectivity index is 3.66. The molecule has 0 aromatic heterocycles. The molecule has 0 heterocycles. The Bertz CT molecular complexity index is 752. The van der Waals surface area contributed by atoms with E-state index < -0.39 is 6.10 Å². The van der Waals surface area contributed by atoms with E-state index in [1.54, 1.807) is 0 Å². The fraction of sp³-hybridized carbons (Fsp3) is 0.744. The van der Waals surface area contributed by atoms with Gasteiger partial charge in [-0.3, -0.25) is 9.59 Å². The zero-order valence-corrected chi connectivity index (χ0v) is 28.7. The minimum Gasteiger partial charge on any atom is -0.462 e. The lowest BCUT2D eigenvalue weighted by atomic mass is 10.1. The highest BCUT2D eigenvalue weighted by molar-refractivity contribution is 5.70. The van der Waals surface area contributed by atoms with Crippen LogP contribution in [0.3, 0.4) is 0 Å². The number of carbonyl (C=O) groups excluding carboxylic acids is 2. The Kier molecular flexibility index (Phi) is 33.6. The summed E-state index contributed by atoms with van der Waals surface area (Å²) in [5.41, 5.74) is 0. The number of esters is 2. The maximum atomic E-state index is 12.1. The van der Waals surface area contributed by atoms with Gasteiger partial charge < -0.3 is 14.6 Å². The molecule has 254 valence electrons. The Morgan fingerprint density at radius 2 is 0.909 bits per heavy atom. The summed E-state index contributed by atoms with van der Waals surface area (Å²) in [6, 6.07) is 0. The van der Waals surface area contributed by atoms with Gasteiger partial charge in [-0.15, -0.1) is 0 Å². The van der Waals surface area contributed by atoms with Crippen molar-refractivity contribution in [3.63, 3.8) is 0 Å². The number of carbonyl (C=O) groups is 2. The molecule has 0 aliphatic rings. The van der Waals surface area contributed by atoms with Crippen molar-refractivity contribution < 1.29 is 24.2 Å². The van der Waals surface area contributed by atoms with Crippen molar-refractivity contribution in [3.05, 3.63) is 48.6 Å². The lowest BCUT2D eigenvalue weighted by molar-refractivity contribution is -0.161. The zero-order chi connectivity index (χ0) is 32.2. The molecule has 0 amide bonds. The van der Waals surface area contributed by atoms with Gasteiger partial charge in [-0.2, -0.15) is 0 Å². The first-order valence-electron chi connectivity index (χ1n) is 18.2. The molecule has 0 saturated heterocycles. The number of aliphatic hydroxyl groups excluding tert-OH is 1. The SMILES string of the molecule is CCCCC/C=C\C/C=C\C/C=C\C/C=C\CCCCCC(=O)OC[C@H](CO)OC(=O)CCCCCCCCCCCCC. The number of hydrogen-bond donors (Lipinski definition) is 1. The number of allylic oxidation sites excluding steroid dienone is 8. The Morgan fingerprint density at radius 3 is 1.41 bits per heavy atom. The minimum atomic E-state index is -0.781. The van der Waals surface area contributed by atoms with E-state index in [1.165, 1.54) is 77.0 Å². The van der Waals surface area contributed by atoms with E-state index >= 15 is 0 Å². The summed E-state index contributed by atoms with van der Waals surface area (Å²) in [6.07, 6.45) is 43.1. The van der Waals surface area contributed by atoms with Crippen LogP contribution in [0.5, 0.6) is 0 Å². The average Bonchev–Trinajstić information content (AvgIpc) is 3.02. The van der Waals surface area contributed by atoms with Crippen molar-refractivity contribution in [2.24, 2.45) is 0 Å². The monoisotopic (exact) mass is 617 g/mol. The lowest BCUT2D eigenvalue weighted by Gasteiger charge is -2.15. The van der Waals surface area contributed by atoms with Crippen molar-refractivity contribution in [3.8, 4) is 0 Å². The highest BCUT2D eigenvalue weighted by Crippen LogP contribution is 2.13. The van der Waals surface area contributed by atoms with Crippen molar-refractivity contribution in [1.82, 2.24) is 0 Å². The van der Waals surface area contributed by atoms with Crippen LogP contribution in [-0.2, 0) is 19.1 Å². The fourth-order valence-electron chi connectivity index (χ4n) is 4.83. The number of hydrogen-bond acceptors (Lipinski definition) is 5. The first kappa shape index (κ1) is 41.9. The number of aliphatic hydroxyl groups is 1. The lowest BCUT2D eigenvalue weighted by Crippen LogP contribution is -2.28. The van der Waals surface area contributed by atoms with E-state index in [9.17, 15) is 14.7 Å². The number of rotatable bonds is 32. The predicted molar refractivity (Wildman–Crippen MR) is 187 cm³/mol. The summed E-state index contributed by atoms with van der Waals surface area (Å²) >= 11 is 0. The normalized spacial score (nSPS) is 12.7. The van der Waals surface area contributed by atoms with E-state index in [0.29, 0.717) is 12.8 Å². The van der Waals surface area contributed by atoms with Gasteiger partial charge in [0.05, 0.1) is 6.61 Å². The fourth-order valence-corrected chi connectivity index (χ4v) is 4.83. The van der Waals surface area contributed by atoms with E-state index in [0.717, 1.165) is 64.2 Å². The minimum absolute atomic E-state index is 0.0818. The molecule has 0 spiro atoms. The van der Waals surface area contributed by atoms with E-state index in [-0.39, 0.29) is 25.2 Å². The Morgan fingerprint density at radius 1 is 0.523 bits per heavy atom. The number of unbranched alkanes of at least 4 members (excludes halogenated alkanes) is 16. The molecule has 0 aliphatic heterocycles. The number of ether oxygens (including phenoxy) is 2. The standard InChI is InChI=1S/C39H68O5/c1-3-5-7-9-11-13-15-16-17-18-19-20-21-22-24-25-27-29-31-33-38(41)43-36-37(35-40)44-39(42)34-32-30-28-26-23-14-12-10-8-6-4-2/h11,13,16-17,19-20,22,24,37,40H,3-10,12,14-15,18,21,23,25-36H2,1-2H3/b13-11-,17-16-,20-19-,24-22-/t37-/m0/s1. The van der Waals surface area contributed by atoms with Crippen LogP contribution >= 0.6 is 0 Å². The summed E-state index contributed by atoms with van der Waals surface area (Å²) in [7, 11) is 0. The third-order valence-corrected chi connectivity index (χ3v) is 7.63. The van der Waals surface area contributed by atoms with Crippen LogP contribution in [0.15, 0.2) is 48.6 Å². The summed E-state index contributed by atoms with van der Waals surface area (Å²) in [4.78, 5) is 24.1. The highest BCUT2D eigenvalue weighted by atomic mass is 16.6. The van der Waals surface area contributed by atoms with Gasteiger partial charge in [-0.25, -0.2) is 0 Å². The molecule has 1 atom stereocenters. The molecule has 0 saturated carbocycles. The van der Waals surface area contributed by atoms with Crippen molar-refractivity contribution in [1.29, 1.82) is 0 Å². The van der Waals surface area contributed by atoms with Crippen LogP contribution in [0.1, 0.15) is 168 Å². The Labute approximate surface area is 271 Å². The molecule has 0 bridgehead atoms. The third kappa shape index (κ3) is 32.8. The van der Waals surface area contributed by atoms with Gasteiger partial charge in [0, 0.05) is 12.8 Å². The van der Waals surface area contributed by atoms with Gasteiger partial charge in [-0.1, -0.05) is 146 Å². The van der Waals surface area contributed by atoms with Gasteiger partial charge in [0.25, 0.3) is 0 Å². The maximum Gasteiger partial charge on any atom is 0.306 e. The predicted octanol–water partition coefficient (Wildman–Crippen LogP) is 11.1. The smallest absolute Gasteiger partial charge is 0.306 e. The molecular formula is C39H68O5. The third-order valence-electron chi connectivity index (χ3n) is 7.63. The Hall–Kier alpha value is -2.14. The van der Waals surface area contributed by atoms with E-state index in [2.05, 4.69) is 62.5 Å². The summed E-state index contributed by atoms with van der Waals surface area (Å²) < 4.78 is 10.5. The summed E-state index contributed by atoms with van der Waals surface area (Å²) in [5, 5.41) is 9.51. The van der Waals surface area contributed by atoms with E-state index in [1.807, 2.05) is 0 Å². The largest absolute Gasteiger partial charge is 0.462 e. The van der Waals surface area contributed by atoms with Crippen LogP contribution in [0.25, 0.3) is 0 Å². The molecule has 0 fully saturated rings. The van der Waals surface area contributed by atoms with Crippen molar-refractivity contribution >= 4 is 11.9 Å². The van der Waals surface area contributed by atoms with Gasteiger partial charge in [-0.05, 0) is 57.8 Å². The van der Waals surface area contributed by atoms with Gasteiger partial charge in [0.2, 0.25) is 0 Å². The molecule has 0 aromatic rings. The van der Waals surface area contributed by atoms with Crippen LogP contribution < -0.4 is 0 Å². The second kappa shape index (κ2) is 35.3. The molecule has 0 radical (unpaired) electrons. The zero-order valence-electron chi connectivity index (χ0n) is 28.7. The molecule has 0 rings (SSSR count). The topological polar surface area (TPSA) is 72.8 Å². The molecule has 1 N–H and O–H groups in total. The second-order valence-corrected chi connectivity index (χ2v) is 12.0. The van der Waals surface area contributed by atoms with Crippen LogP contribution in [-0.4, -0.2) is 36.4 Å². The molecular weight excluding hydrogens is 548 g/mol. The molecule has 5 nitrogen and oxygen atoms in total. The second-order valence-electron chi connectivity index (χ2n) is 12.0. The maximum absolute atomic E-state index is 12.1. The highest BCUT2D eigenvalue weighted by Gasteiger charge is 2.16. The van der Waals surface area contributed by atoms with Crippen molar-refractivity contribution in [2.75, 3.05) is 13.2 Å². The van der Waals surface area contributed by atoms with Gasteiger partial charge >= 0.3 is 11.9 Å².